The fourth-order valence-corrected chi connectivity index (χ4v) is 6.67. The molecule has 0 radical (unpaired) electrons. The number of nitrogens with one attached hydrogen (secondary N) is 2. The van der Waals surface area contributed by atoms with Crippen molar-refractivity contribution in [3.05, 3.63) is 95.4 Å². The molecular weight excluding hydrogens is 805 g/mol. The monoisotopic (exact) mass is 834 g/mol. The van der Waals surface area contributed by atoms with Gasteiger partial charge in [0.1, 0.15) is 28.2 Å². The van der Waals surface area contributed by atoms with E-state index in [1.165, 1.54) is 37.3 Å². The first kappa shape index (κ1) is 42.2. The molecule has 0 aliphatic rings. The molecule has 0 aliphatic heterocycles. The standard InChI is InChI=1S/C31H30N8O12S4/c1-3-52(40,41)24-9-4-21(5-10-24)14-15-33-31-29(20(2)26(19-32)30(35-31)34-16-17-51-55(48,49)50)39-38-27-13-8-23(18-28(27)54(45,46)47)37-36-22-6-11-25(12-7-22)53(42,43)44/h3-13,18H,1,14-17H2,2H3,(H2,33,34,35)(H,42,43,44)(H,45,46,47)(H,48,49,50)/b37-36+,39-38+. The van der Waals surface area contributed by atoms with Crippen LogP contribution in [0, 0.1) is 18.3 Å². The van der Waals surface area contributed by atoms with Crippen LogP contribution in [-0.2, 0) is 51.1 Å². The topological polar surface area (TPSA) is 317 Å². The maximum atomic E-state index is 12.4. The molecule has 24 heteroatoms. The first-order valence-corrected chi connectivity index (χ1v) is 21.0. The summed E-state index contributed by atoms with van der Waals surface area (Å²) in [6.07, 6.45) is 0.324. The largest absolute Gasteiger partial charge is 0.397 e. The van der Waals surface area contributed by atoms with Crippen LogP contribution in [-0.4, -0.2) is 72.0 Å². The average molecular weight is 835 g/mol. The van der Waals surface area contributed by atoms with Gasteiger partial charge in [-0.3, -0.25) is 13.7 Å². The van der Waals surface area contributed by atoms with E-state index in [9.17, 15) is 43.5 Å². The summed E-state index contributed by atoms with van der Waals surface area (Å²) in [4.78, 5) is 3.34. The molecule has 20 nitrogen and oxygen atoms in total. The highest BCUT2D eigenvalue weighted by Crippen LogP contribution is 2.37. The van der Waals surface area contributed by atoms with Gasteiger partial charge in [-0.2, -0.15) is 40.7 Å². The van der Waals surface area contributed by atoms with Gasteiger partial charge < -0.3 is 10.6 Å². The second kappa shape index (κ2) is 17.3. The van der Waals surface area contributed by atoms with Crippen LogP contribution in [0.2, 0.25) is 0 Å². The molecular formula is C31H30N8O12S4. The molecule has 1 heterocycles. The van der Waals surface area contributed by atoms with Crippen LogP contribution in [0.5, 0.6) is 0 Å². The van der Waals surface area contributed by atoms with Crippen molar-refractivity contribution in [3.63, 3.8) is 0 Å². The van der Waals surface area contributed by atoms with E-state index in [2.05, 4.69) is 46.8 Å². The Labute approximate surface area is 315 Å². The first-order valence-electron chi connectivity index (χ1n) is 15.2. The molecule has 1 aromatic heterocycles. The molecule has 5 N–H and O–H groups in total. The number of pyridine rings is 1. The lowest BCUT2D eigenvalue weighted by molar-refractivity contribution is 0.278. The molecule has 0 fully saturated rings. The van der Waals surface area contributed by atoms with Crippen molar-refractivity contribution in [3.8, 4) is 6.07 Å². The van der Waals surface area contributed by atoms with Gasteiger partial charge in [-0.05, 0) is 73.5 Å². The summed E-state index contributed by atoms with van der Waals surface area (Å²) in [7, 11) is -17.8. The Balaban J connectivity index is 1.68. The first-order chi connectivity index (χ1) is 25.7. The average Bonchev–Trinajstić information content (AvgIpc) is 3.11. The van der Waals surface area contributed by atoms with Crippen LogP contribution >= 0.6 is 0 Å². The minimum Gasteiger partial charge on any atom is -0.368 e. The van der Waals surface area contributed by atoms with Crippen LogP contribution in [0.25, 0.3) is 0 Å². The number of nitrogens with zero attached hydrogens (tertiary/aromatic N) is 6. The Kier molecular flexibility index (Phi) is 13.3. The van der Waals surface area contributed by atoms with Crippen LogP contribution in [0.15, 0.2) is 114 Å². The smallest absolute Gasteiger partial charge is 0.368 e. The van der Waals surface area contributed by atoms with Crippen molar-refractivity contribution in [1.29, 1.82) is 5.26 Å². The van der Waals surface area contributed by atoms with Gasteiger partial charge in [0, 0.05) is 24.1 Å². The molecule has 0 saturated carbocycles. The van der Waals surface area contributed by atoms with E-state index in [-0.39, 0.29) is 68.4 Å². The third-order valence-corrected chi connectivity index (χ3v) is 10.8. The van der Waals surface area contributed by atoms with Crippen molar-refractivity contribution in [2.75, 3.05) is 30.3 Å². The quantitative estimate of drug-likeness (QED) is 0.0506. The molecule has 3 aromatic carbocycles. The van der Waals surface area contributed by atoms with Crippen molar-refractivity contribution in [2.45, 2.75) is 28.0 Å². The summed E-state index contributed by atoms with van der Waals surface area (Å²) in [6, 6.07) is 16.0. The van der Waals surface area contributed by atoms with Crippen LogP contribution in [0.3, 0.4) is 0 Å². The molecule has 290 valence electrons. The Bertz CT molecular complexity index is 2650. The second-order valence-electron chi connectivity index (χ2n) is 11.0. The zero-order valence-corrected chi connectivity index (χ0v) is 31.6. The molecule has 4 rings (SSSR count). The lowest BCUT2D eigenvalue weighted by Gasteiger charge is -2.16. The second-order valence-corrected chi connectivity index (χ2v) is 16.8. The van der Waals surface area contributed by atoms with Crippen molar-refractivity contribution < 1.29 is 51.5 Å². The van der Waals surface area contributed by atoms with Gasteiger partial charge >= 0.3 is 10.4 Å². The zero-order valence-electron chi connectivity index (χ0n) is 28.3. The highest BCUT2D eigenvalue weighted by atomic mass is 32.3. The van der Waals surface area contributed by atoms with Crippen LogP contribution in [0.4, 0.5) is 34.4 Å². The lowest BCUT2D eigenvalue weighted by Crippen LogP contribution is -2.16. The molecule has 0 saturated heterocycles. The molecule has 0 unspecified atom stereocenters. The van der Waals surface area contributed by atoms with Gasteiger partial charge in [0.25, 0.3) is 20.2 Å². The third-order valence-electron chi connectivity index (χ3n) is 7.23. The summed E-state index contributed by atoms with van der Waals surface area (Å²) in [5, 5.41) is 32.5. The van der Waals surface area contributed by atoms with E-state index >= 15 is 0 Å². The van der Waals surface area contributed by atoms with Gasteiger partial charge in [-0.25, -0.2) is 17.6 Å². The van der Waals surface area contributed by atoms with E-state index in [1.807, 2.05) is 6.07 Å². The number of benzene rings is 3. The number of hydrogen-bond acceptors (Lipinski definition) is 17. The predicted octanol–water partition coefficient (Wildman–Crippen LogP) is 5.39. The number of anilines is 2. The predicted molar refractivity (Wildman–Crippen MR) is 197 cm³/mol. The normalized spacial score (nSPS) is 12.5. The summed E-state index contributed by atoms with van der Waals surface area (Å²) >= 11 is 0. The van der Waals surface area contributed by atoms with E-state index < -0.39 is 52.0 Å². The summed E-state index contributed by atoms with van der Waals surface area (Å²) < 4.78 is 126. The van der Waals surface area contributed by atoms with Gasteiger partial charge in [0.05, 0.1) is 33.3 Å². The molecule has 0 amide bonds. The Morgan fingerprint density at radius 1 is 0.782 bits per heavy atom. The maximum Gasteiger partial charge on any atom is 0.397 e. The van der Waals surface area contributed by atoms with E-state index in [0.717, 1.165) is 35.2 Å². The minimum absolute atomic E-state index is 0.0168. The molecule has 0 bridgehead atoms. The summed E-state index contributed by atoms with van der Waals surface area (Å²) in [6.45, 7) is 4.19. The summed E-state index contributed by atoms with van der Waals surface area (Å²) in [5.41, 5.74) is 0.503. The maximum absolute atomic E-state index is 12.4. The van der Waals surface area contributed by atoms with Gasteiger partial charge in [-0.15, -0.1) is 10.2 Å². The van der Waals surface area contributed by atoms with Crippen molar-refractivity contribution in [1.82, 2.24) is 4.98 Å². The SMILES string of the molecule is C=CS(=O)(=O)c1ccc(CCNc2nc(NCCOS(=O)(=O)O)c(C#N)c(C)c2/N=N/c2ccc(/N=N/c3ccc(S(=O)(=O)O)cc3)cc2S(=O)(=O)O)cc1. The fourth-order valence-electron chi connectivity index (χ4n) is 4.55. The Morgan fingerprint density at radius 2 is 1.38 bits per heavy atom. The minimum atomic E-state index is -4.95. The zero-order chi connectivity index (χ0) is 40.6. The summed E-state index contributed by atoms with van der Waals surface area (Å²) in [5.74, 6) is -0.0246. The van der Waals surface area contributed by atoms with Crippen LogP contribution < -0.4 is 10.6 Å². The van der Waals surface area contributed by atoms with E-state index in [1.54, 1.807) is 12.1 Å². The van der Waals surface area contributed by atoms with Gasteiger partial charge in [0.2, 0.25) is 0 Å². The number of aromatic nitrogens is 1. The molecule has 0 atom stereocenters. The highest BCUT2D eigenvalue weighted by molar-refractivity contribution is 7.94. The number of rotatable bonds is 17. The highest BCUT2D eigenvalue weighted by Gasteiger charge is 2.20. The van der Waals surface area contributed by atoms with E-state index in [4.69, 9.17) is 9.11 Å². The van der Waals surface area contributed by atoms with Gasteiger partial charge in [0.15, 0.2) is 15.7 Å². The number of hydrogen-bond donors (Lipinski definition) is 5. The molecule has 4 aromatic rings. The Morgan fingerprint density at radius 3 is 1.96 bits per heavy atom. The number of sulfone groups is 1. The van der Waals surface area contributed by atoms with Gasteiger partial charge in [-0.1, -0.05) is 18.7 Å². The van der Waals surface area contributed by atoms with Crippen LogP contribution in [0.1, 0.15) is 16.7 Å². The van der Waals surface area contributed by atoms with Crippen molar-refractivity contribution in [2.24, 2.45) is 20.5 Å². The number of nitriles is 1. The Hall–Kier alpha value is -5.52. The number of azo groups is 2. The van der Waals surface area contributed by atoms with E-state index in [0.29, 0.717) is 6.42 Å². The molecule has 55 heavy (non-hydrogen) atoms. The fraction of sp³-hybridized carbons (Fsp3) is 0.161. The van der Waals surface area contributed by atoms with Crippen molar-refractivity contribution >= 4 is 74.9 Å². The molecule has 0 aliphatic carbocycles. The lowest BCUT2D eigenvalue weighted by atomic mass is 10.1. The third kappa shape index (κ3) is 11.7. The molecule has 0 spiro atoms.